The Morgan fingerprint density at radius 2 is 1.69 bits per heavy atom. The van der Waals surface area contributed by atoms with E-state index in [1.165, 1.54) is 24.3 Å². The number of rotatable bonds is 8. The normalized spacial score (nSPS) is 11.1. The molecular weight excluding hydrogens is 430 g/mol. The third-order valence-corrected chi connectivity index (χ3v) is 6.15. The molecular formula is C24H19NO6S. The first-order chi connectivity index (χ1) is 15.5. The van der Waals surface area contributed by atoms with Crippen LogP contribution in [-0.4, -0.2) is 19.4 Å². The van der Waals surface area contributed by atoms with Gasteiger partial charge in [-0.3, -0.25) is 4.98 Å². The zero-order chi connectivity index (χ0) is 22.4. The number of ether oxygens (including phenoxy) is 2. The Morgan fingerprint density at radius 1 is 0.906 bits per heavy atom. The Kier molecular flexibility index (Phi) is 6.32. The van der Waals surface area contributed by atoms with Gasteiger partial charge in [0.2, 0.25) is 5.76 Å². The van der Waals surface area contributed by atoms with Crippen LogP contribution < -0.4 is 4.74 Å². The van der Waals surface area contributed by atoms with Crippen LogP contribution in [0.25, 0.3) is 0 Å². The molecule has 2 aromatic carbocycles. The minimum Gasteiger partial charge on any atom is -0.455 e. The third kappa shape index (κ3) is 5.22. The molecule has 0 unspecified atom stereocenters. The summed E-state index contributed by atoms with van der Waals surface area (Å²) >= 11 is 0. The Hall–Kier alpha value is -3.91. The van der Waals surface area contributed by atoms with Crippen molar-refractivity contribution in [2.24, 2.45) is 0 Å². The lowest BCUT2D eigenvalue weighted by molar-refractivity contribution is 0.0432. The molecule has 0 aliphatic carbocycles. The zero-order valence-electron chi connectivity index (χ0n) is 16.9. The summed E-state index contributed by atoms with van der Waals surface area (Å²) in [5.41, 5.74) is 0.656. The van der Waals surface area contributed by atoms with E-state index in [0.717, 1.165) is 0 Å². The van der Waals surface area contributed by atoms with Gasteiger partial charge in [0.1, 0.15) is 29.6 Å². The largest absolute Gasteiger partial charge is 0.455 e. The number of carbonyl (C=O) groups excluding carboxylic acids is 1. The molecule has 4 aromatic rings. The molecule has 2 heterocycles. The van der Waals surface area contributed by atoms with Crippen LogP contribution in [0.5, 0.6) is 11.5 Å². The molecule has 7 nitrogen and oxygen atoms in total. The van der Waals surface area contributed by atoms with Crippen molar-refractivity contribution < 1.29 is 27.1 Å². The van der Waals surface area contributed by atoms with E-state index in [-0.39, 0.29) is 28.8 Å². The Bertz CT molecular complexity index is 1300. The van der Waals surface area contributed by atoms with E-state index < -0.39 is 15.8 Å². The summed E-state index contributed by atoms with van der Waals surface area (Å²) in [5, 5.41) is 0. The summed E-state index contributed by atoms with van der Waals surface area (Å²) < 4.78 is 41.5. The number of hydrogen-bond donors (Lipinski definition) is 0. The lowest BCUT2D eigenvalue weighted by Gasteiger charge is -2.11. The van der Waals surface area contributed by atoms with Crippen molar-refractivity contribution in [2.75, 3.05) is 0 Å². The molecule has 0 bridgehead atoms. The standard InChI is InChI=1S/C24H19NO6S/c26-24(23-13-12-20(31-23)17-32(27,28)21-9-2-1-3-10-21)29-16-18-7-4-5-11-22(18)30-19-8-6-14-25-15-19/h1-15H,16-17H2. The third-order valence-electron chi connectivity index (χ3n) is 4.49. The van der Waals surface area contributed by atoms with Crippen LogP contribution >= 0.6 is 0 Å². The first-order valence-corrected chi connectivity index (χ1v) is 11.4. The van der Waals surface area contributed by atoms with Crippen LogP contribution in [0, 0.1) is 0 Å². The molecule has 0 fully saturated rings. The number of esters is 1. The maximum atomic E-state index is 12.5. The van der Waals surface area contributed by atoms with Crippen molar-refractivity contribution in [3.8, 4) is 11.5 Å². The van der Waals surface area contributed by atoms with Crippen molar-refractivity contribution >= 4 is 15.8 Å². The molecule has 0 radical (unpaired) electrons. The number of benzene rings is 2. The fraction of sp³-hybridized carbons (Fsp3) is 0.0833. The van der Waals surface area contributed by atoms with Crippen LogP contribution in [0.15, 0.2) is 101 Å². The predicted octanol–water partition coefficient (Wildman–Crippen LogP) is 4.80. The molecule has 32 heavy (non-hydrogen) atoms. The van der Waals surface area contributed by atoms with Gasteiger partial charge in [0.25, 0.3) is 0 Å². The number of furan rings is 1. The highest BCUT2D eigenvalue weighted by atomic mass is 32.2. The maximum Gasteiger partial charge on any atom is 0.374 e. The van der Waals surface area contributed by atoms with Gasteiger partial charge >= 0.3 is 5.97 Å². The lowest BCUT2D eigenvalue weighted by atomic mass is 10.2. The number of hydrogen-bond acceptors (Lipinski definition) is 7. The van der Waals surface area contributed by atoms with Crippen LogP contribution in [0.3, 0.4) is 0 Å². The highest BCUT2D eigenvalue weighted by Gasteiger charge is 2.20. The number of para-hydroxylation sites is 1. The molecule has 0 spiro atoms. The molecule has 0 N–H and O–H groups in total. The second-order valence-electron chi connectivity index (χ2n) is 6.81. The van der Waals surface area contributed by atoms with E-state index >= 15 is 0 Å². The Labute approximate surface area is 185 Å². The maximum absolute atomic E-state index is 12.5. The van der Waals surface area contributed by atoms with Crippen molar-refractivity contribution in [2.45, 2.75) is 17.3 Å². The van der Waals surface area contributed by atoms with Gasteiger partial charge in [0.05, 0.1) is 11.1 Å². The van der Waals surface area contributed by atoms with Crippen LogP contribution in [-0.2, 0) is 26.9 Å². The summed E-state index contributed by atoms with van der Waals surface area (Å²) in [7, 11) is -3.58. The van der Waals surface area contributed by atoms with Gasteiger partial charge in [-0.15, -0.1) is 0 Å². The summed E-state index contributed by atoms with van der Waals surface area (Å²) in [6, 6.07) is 21.6. The molecule has 4 rings (SSSR count). The smallest absolute Gasteiger partial charge is 0.374 e. The number of sulfone groups is 1. The minimum atomic E-state index is -3.58. The predicted molar refractivity (Wildman–Crippen MR) is 116 cm³/mol. The van der Waals surface area contributed by atoms with Gasteiger partial charge in [-0.25, -0.2) is 13.2 Å². The molecule has 0 aliphatic heterocycles. The van der Waals surface area contributed by atoms with E-state index in [0.29, 0.717) is 17.1 Å². The lowest BCUT2D eigenvalue weighted by Crippen LogP contribution is -2.06. The minimum absolute atomic E-state index is 0.0480. The van der Waals surface area contributed by atoms with E-state index in [4.69, 9.17) is 13.9 Å². The summed E-state index contributed by atoms with van der Waals surface area (Å²) in [6.07, 6.45) is 3.22. The molecule has 0 amide bonds. The van der Waals surface area contributed by atoms with E-state index in [9.17, 15) is 13.2 Å². The number of nitrogens with zero attached hydrogens (tertiary/aromatic N) is 1. The highest BCUT2D eigenvalue weighted by molar-refractivity contribution is 7.90. The first-order valence-electron chi connectivity index (χ1n) is 9.71. The van der Waals surface area contributed by atoms with Crippen LogP contribution in [0.4, 0.5) is 0 Å². The molecule has 0 atom stereocenters. The molecule has 0 saturated carbocycles. The second-order valence-corrected chi connectivity index (χ2v) is 8.80. The number of aromatic nitrogens is 1. The zero-order valence-corrected chi connectivity index (χ0v) is 17.7. The second kappa shape index (κ2) is 9.49. The average Bonchev–Trinajstić information content (AvgIpc) is 3.27. The molecule has 0 aliphatic rings. The van der Waals surface area contributed by atoms with E-state index in [1.807, 2.05) is 6.07 Å². The molecule has 162 valence electrons. The fourth-order valence-corrected chi connectivity index (χ4v) is 4.20. The summed E-state index contributed by atoms with van der Waals surface area (Å²) in [6.45, 7) is -0.0480. The van der Waals surface area contributed by atoms with Crippen LogP contribution in [0.1, 0.15) is 21.9 Å². The Balaban J connectivity index is 1.40. The summed E-state index contributed by atoms with van der Waals surface area (Å²) in [4.78, 5) is 16.6. The van der Waals surface area contributed by atoms with E-state index in [1.54, 1.807) is 60.9 Å². The van der Waals surface area contributed by atoms with Gasteiger partial charge in [-0.1, -0.05) is 36.4 Å². The fourth-order valence-electron chi connectivity index (χ4n) is 2.94. The van der Waals surface area contributed by atoms with Crippen molar-refractivity contribution in [1.82, 2.24) is 4.98 Å². The van der Waals surface area contributed by atoms with Gasteiger partial charge < -0.3 is 13.9 Å². The van der Waals surface area contributed by atoms with Gasteiger partial charge in [0.15, 0.2) is 9.84 Å². The average molecular weight is 449 g/mol. The number of carbonyl (C=O) groups is 1. The molecule has 0 saturated heterocycles. The quantitative estimate of drug-likeness (QED) is 0.357. The van der Waals surface area contributed by atoms with Crippen molar-refractivity contribution in [1.29, 1.82) is 0 Å². The molecule has 8 heteroatoms. The van der Waals surface area contributed by atoms with Gasteiger partial charge in [0, 0.05) is 11.8 Å². The van der Waals surface area contributed by atoms with Gasteiger partial charge in [-0.2, -0.15) is 0 Å². The topological polar surface area (TPSA) is 95.7 Å². The van der Waals surface area contributed by atoms with Crippen molar-refractivity contribution in [3.63, 3.8) is 0 Å². The monoisotopic (exact) mass is 449 g/mol. The van der Waals surface area contributed by atoms with E-state index in [2.05, 4.69) is 4.98 Å². The highest BCUT2D eigenvalue weighted by Crippen LogP contribution is 2.25. The molecule has 2 aromatic heterocycles. The SMILES string of the molecule is O=C(OCc1ccccc1Oc1cccnc1)c1ccc(CS(=O)(=O)c2ccccc2)o1. The van der Waals surface area contributed by atoms with Crippen molar-refractivity contribution in [3.05, 3.63) is 108 Å². The Morgan fingerprint density at radius 3 is 2.47 bits per heavy atom. The first kappa shape index (κ1) is 21.3. The van der Waals surface area contributed by atoms with Gasteiger partial charge in [-0.05, 0) is 42.5 Å². The number of pyridine rings is 1. The van der Waals surface area contributed by atoms with Crippen LogP contribution in [0.2, 0.25) is 0 Å². The summed E-state index contributed by atoms with van der Waals surface area (Å²) in [5.74, 6) is 0.107.